The van der Waals surface area contributed by atoms with E-state index in [1.165, 1.54) is 5.56 Å². The van der Waals surface area contributed by atoms with E-state index in [1.807, 2.05) is 11.6 Å². The molecule has 2 aliphatic rings. The summed E-state index contributed by atoms with van der Waals surface area (Å²) in [6, 6.07) is 14.9. The highest BCUT2D eigenvalue weighted by molar-refractivity contribution is 7.78. The van der Waals surface area contributed by atoms with Gasteiger partial charge in [0.2, 0.25) is 11.9 Å². The zero-order valence-corrected chi connectivity index (χ0v) is 29.2. The SMILES string of the molecule is CC(=O)O.CNS.Cn1c(N)nc2cc(-c3ccc(C4CCCC(C(=O)Nc5ccc(C(F)(F)F)cc5F)C4)cc3)cc(C3CCCNC3)c21. The Kier molecular flexibility index (Phi) is 13.3. The van der Waals surface area contributed by atoms with Crippen LogP contribution in [-0.2, 0) is 22.8 Å². The number of carbonyl (C=O) groups is 2. The van der Waals surface area contributed by atoms with Crippen molar-refractivity contribution in [1.29, 1.82) is 0 Å². The Bertz CT molecular complexity index is 1770. The van der Waals surface area contributed by atoms with Gasteiger partial charge in [0, 0.05) is 26.4 Å². The molecule has 0 bridgehead atoms. The van der Waals surface area contributed by atoms with Crippen molar-refractivity contribution in [2.75, 3.05) is 31.2 Å². The van der Waals surface area contributed by atoms with Gasteiger partial charge in [0.05, 0.1) is 22.3 Å². The predicted octanol–water partition coefficient (Wildman–Crippen LogP) is 7.50. The topological polar surface area (TPSA) is 134 Å². The molecule has 2 heterocycles. The van der Waals surface area contributed by atoms with Gasteiger partial charge in [-0.2, -0.15) is 13.2 Å². The van der Waals surface area contributed by atoms with Crippen molar-refractivity contribution in [3.8, 4) is 11.1 Å². The number of anilines is 2. The number of carboxylic acids is 1. The molecule has 2 fully saturated rings. The summed E-state index contributed by atoms with van der Waals surface area (Å²) >= 11 is 3.54. The largest absolute Gasteiger partial charge is 0.481 e. The molecular formula is C36H44F4N6O3S. The molecule has 14 heteroatoms. The van der Waals surface area contributed by atoms with Crippen molar-refractivity contribution in [3.05, 3.63) is 77.1 Å². The normalized spacial score (nSPS) is 19.1. The van der Waals surface area contributed by atoms with Crippen LogP contribution in [0.2, 0.25) is 0 Å². The molecule has 1 aliphatic carbocycles. The predicted molar refractivity (Wildman–Crippen MR) is 191 cm³/mol. The Balaban J connectivity index is 0.000000738. The zero-order chi connectivity index (χ0) is 36.6. The van der Waals surface area contributed by atoms with Crippen LogP contribution in [0, 0.1) is 11.7 Å². The summed E-state index contributed by atoms with van der Waals surface area (Å²) in [5, 5.41) is 13.4. The number of nitrogens with one attached hydrogen (secondary N) is 3. The number of nitrogen functional groups attached to an aromatic ring is 1. The van der Waals surface area contributed by atoms with Crippen LogP contribution in [0.4, 0.5) is 29.2 Å². The lowest BCUT2D eigenvalue weighted by Crippen LogP contribution is -2.28. The zero-order valence-electron chi connectivity index (χ0n) is 28.3. The smallest absolute Gasteiger partial charge is 0.416 e. The number of rotatable bonds is 5. The van der Waals surface area contributed by atoms with Crippen molar-refractivity contribution >= 4 is 47.4 Å². The highest BCUT2D eigenvalue weighted by Gasteiger charge is 2.32. The first kappa shape index (κ1) is 38.7. The van der Waals surface area contributed by atoms with E-state index in [4.69, 9.17) is 15.6 Å². The van der Waals surface area contributed by atoms with Gasteiger partial charge in [0.1, 0.15) is 5.82 Å². The van der Waals surface area contributed by atoms with E-state index < -0.39 is 23.5 Å². The second-order valence-corrected chi connectivity index (χ2v) is 13.1. The van der Waals surface area contributed by atoms with Crippen molar-refractivity contribution in [2.45, 2.75) is 63.5 Å². The van der Waals surface area contributed by atoms with Crippen LogP contribution in [0.1, 0.15) is 74.0 Å². The van der Waals surface area contributed by atoms with Crippen LogP contribution < -0.4 is 21.1 Å². The maximum absolute atomic E-state index is 14.3. The van der Waals surface area contributed by atoms with Crippen molar-refractivity contribution < 1.29 is 32.3 Å². The summed E-state index contributed by atoms with van der Waals surface area (Å²) in [5.74, 6) is -1.63. The summed E-state index contributed by atoms with van der Waals surface area (Å²) in [7, 11) is 3.69. The number of carboxylic acid groups (broad SMARTS) is 1. The van der Waals surface area contributed by atoms with Gasteiger partial charge in [0.15, 0.2) is 0 Å². The Morgan fingerprint density at radius 2 is 1.68 bits per heavy atom. The third-order valence-electron chi connectivity index (χ3n) is 9.08. The number of carbonyl (C=O) groups excluding carboxylic acids is 1. The van der Waals surface area contributed by atoms with Gasteiger partial charge in [-0.1, -0.05) is 43.5 Å². The van der Waals surface area contributed by atoms with E-state index in [9.17, 15) is 22.4 Å². The maximum atomic E-state index is 14.3. The number of benzene rings is 3. The first-order valence-electron chi connectivity index (χ1n) is 16.5. The summed E-state index contributed by atoms with van der Waals surface area (Å²) in [4.78, 5) is 26.6. The third-order valence-corrected chi connectivity index (χ3v) is 9.08. The Labute approximate surface area is 294 Å². The number of piperidine rings is 1. The van der Waals surface area contributed by atoms with E-state index in [0.717, 1.165) is 85.6 Å². The number of nitrogens with two attached hydrogens (primary N) is 1. The molecule has 3 atom stereocenters. The molecule has 3 aromatic carbocycles. The van der Waals surface area contributed by atoms with E-state index in [0.29, 0.717) is 30.8 Å². The number of imidazole rings is 1. The fraction of sp³-hybridized carbons (Fsp3) is 0.417. The summed E-state index contributed by atoms with van der Waals surface area (Å²) < 4.78 is 57.4. The lowest BCUT2D eigenvalue weighted by atomic mass is 9.77. The van der Waals surface area contributed by atoms with Crippen LogP contribution in [0.5, 0.6) is 0 Å². The van der Waals surface area contributed by atoms with Gasteiger partial charge in [-0.3, -0.25) is 14.3 Å². The standard InChI is InChI=1S/C33H35F4N5O.C2H4O2.CH5NS/c1-42-30-26(23-6-3-13-39-18-23)15-24(16-29(30)41-32(42)38)20-9-7-19(8-10-20)21-4-2-5-22(14-21)31(43)40-28-12-11-25(17-27(28)34)33(35,36)37;1-2(3)4;1-2-3/h7-12,15-17,21-23,39H,2-6,13-14,18H2,1H3,(H2,38,41)(H,40,43);1H3,(H,3,4);2-3H,1H3. The quantitative estimate of drug-likeness (QED) is 0.0931. The number of amides is 1. The molecule has 4 aromatic rings. The van der Waals surface area contributed by atoms with Gasteiger partial charge in [-0.15, -0.1) is 0 Å². The number of thiol groups is 1. The fourth-order valence-electron chi connectivity index (χ4n) is 6.71. The molecule has 1 saturated carbocycles. The molecule has 50 heavy (non-hydrogen) atoms. The summed E-state index contributed by atoms with van der Waals surface area (Å²) in [6.45, 7) is 3.04. The van der Waals surface area contributed by atoms with Crippen LogP contribution in [0.25, 0.3) is 22.2 Å². The molecule has 9 nitrogen and oxygen atoms in total. The highest BCUT2D eigenvalue weighted by Crippen LogP contribution is 2.39. The first-order chi connectivity index (χ1) is 23.7. The maximum Gasteiger partial charge on any atom is 0.416 e. The average Bonchev–Trinajstić information content (AvgIpc) is 3.37. The van der Waals surface area contributed by atoms with Gasteiger partial charge in [-0.05, 0) is 110 Å². The number of hydrogen-bond acceptors (Lipinski definition) is 7. The van der Waals surface area contributed by atoms with Crippen LogP contribution in [0.3, 0.4) is 0 Å². The van der Waals surface area contributed by atoms with Gasteiger partial charge in [-0.25, -0.2) is 9.37 Å². The first-order valence-corrected chi connectivity index (χ1v) is 16.9. The summed E-state index contributed by atoms with van der Waals surface area (Å²) in [6.07, 6.45) is 0.575. The average molecular weight is 717 g/mol. The minimum Gasteiger partial charge on any atom is -0.481 e. The number of aryl methyl sites for hydroxylation is 1. The number of aliphatic carboxylic acids is 1. The van der Waals surface area contributed by atoms with E-state index >= 15 is 0 Å². The fourth-order valence-corrected chi connectivity index (χ4v) is 6.71. The molecular weight excluding hydrogens is 672 g/mol. The Morgan fingerprint density at radius 1 is 1.02 bits per heavy atom. The van der Waals surface area contributed by atoms with E-state index in [1.54, 1.807) is 7.05 Å². The van der Waals surface area contributed by atoms with E-state index in [-0.39, 0.29) is 23.4 Å². The van der Waals surface area contributed by atoms with Crippen molar-refractivity contribution in [2.24, 2.45) is 13.0 Å². The molecule has 1 saturated heterocycles. The number of aromatic nitrogens is 2. The second-order valence-electron chi connectivity index (χ2n) is 12.6. The summed E-state index contributed by atoms with van der Waals surface area (Å²) in [5.41, 5.74) is 11.4. The molecule has 1 aliphatic heterocycles. The number of fused-ring (bicyclic) bond motifs is 1. The second kappa shape index (κ2) is 17.2. The Morgan fingerprint density at radius 3 is 2.28 bits per heavy atom. The molecule has 6 rings (SSSR count). The highest BCUT2D eigenvalue weighted by atomic mass is 32.1. The minimum atomic E-state index is -4.65. The molecule has 6 N–H and O–H groups in total. The van der Waals surface area contributed by atoms with Gasteiger partial charge in [0.25, 0.3) is 5.97 Å². The Hall–Kier alpha value is -4.14. The monoisotopic (exact) mass is 716 g/mol. The number of alkyl halides is 3. The molecule has 3 unspecified atom stereocenters. The van der Waals surface area contributed by atoms with Crippen LogP contribution in [-0.4, -0.2) is 46.7 Å². The third kappa shape index (κ3) is 9.76. The van der Waals surface area contributed by atoms with Crippen LogP contribution in [0.15, 0.2) is 54.6 Å². The number of hydrogen-bond donors (Lipinski definition) is 6. The lowest BCUT2D eigenvalue weighted by Gasteiger charge is -2.29. The van der Waals surface area contributed by atoms with Gasteiger partial charge < -0.3 is 26.0 Å². The van der Waals surface area contributed by atoms with Crippen LogP contribution >= 0.6 is 12.8 Å². The van der Waals surface area contributed by atoms with Crippen molar-refractivity contribution in [1.82, 2.24) is 19.6 Å². The number of halogens is 4. The van der Waals surface area contributed by atoms with E-state index in [2.05, 4.69) is 69.6 Å². The van der Waals surface area contributed by atoms with Gasteiger partial charge >= 0.3 is 6.18 Å². The molecule has 0 spiro atoms. The number of nitrogens with zero attached hydrogens (tertiary/aromatic N) is 2. The minimum absolute atomic E-state index is 0.151. The molecule has 270 valence electrons. The molecule has 1 aromatic heterocycles. The molecule has 1 amide bonds. The van der Waals surface area contributed by atoms with Crippen molar-refractivity contribution in [3.63, 3.8) is 0 Å². The molecule has 0 radical (unpaired) electrons. The lowest BCUT2D eigenvalue weighted by molar-refractivity contribution is -0.138.